The van der Waals surface area contributed by atoms with Gasteiger partial charge >= 0.3 is 6.18 Å². The maximum absolute atomic E-state index is 12.9. The Labute approximate surface area is 159 Å². The molecule has 0 bridgehead atoms. The highest BCUT2D eigenvalue weighted by Crippen LogP contribution is 2.40. The van der Waals surface area contributed by atoms with Crippen molar-refractivity contribution >= 4 is 17.1 Å². The number of nitrogens with zero attached hydrogens (tertiary/aromatic N) is 3. The molecule has 144 valence electrons. The van der Waals surface area contributed by atoms with Gasteiger partial charge in [0.05, 0.1) is 10.5 Å². The topological polar surface area (TPSA) is 86.3 Å². The van der Waals surface area contributed by atoms with Crippen molar-refractivity contribution in [3.8, 4) is 23.0 Å². The van der Waals surface area contributed by atoms with Crippen molar-refractivity contribution in [3.05, 3.63) is 74.9 Å². The SMILES string of the molecule is O=[N+]([O-])c1ccc2c(c1)N=c1cc3c(cc1O2)=Nc1ccc(C(F)(F)F)cc1O3. The summed E-state index contributed by atoms with van der Waals surface area (Å²) in [4.78, 5) is 19.1. The van der Waals surface area contributed by atoms with Crippen LogP contribution in [0.3, 0.4) is 0 Å². The lowest BCUT2D eigenvalue weighted by atomic mass is 10.1. The second-order valence-corrected chi connectivity index (χ2v) is 6.30. The van der Waals surface area contributed by atoms with Crippen molar-refractivity contribution in [2.45, 2.75) is 6.18 Å². The number of ether oxygens (including phenoxy) is 2. The van der Waals surface area contributed by atoms with Crippen molar-refractivity contribution < 1.29 is 27.6 Å². The first kappa shape index (κ1) is 17.2. The fourth-order valence-corrected chi connectivity index (χ4v) is 3.03. The Hall–Kier alpha value is -3.95. The van der Waals surface area contributed by atoms with Crippen LogP contribution in [-0.4, -0.2) is 4.92 Å². The summed E-state index contributed by atoms with van der Waals surface area (Å²) in [5.74, 6) is 0.875. The molecule has 3 aromatic rings. The molecular formula is C19H8F3N3O4. The number of fused-ring (bicyclic) bond motifs is 4. The highest BCUT2D eigenvalue weighted by atomic mass is 19.4. The summed E-state index contributed by atoms with van der Waals surface area (Å²) >= 11 is 0. The van der Waals surface area contributed by atoms with Gasteiger partial charge in [-0.05, 0) is 24.3 Å². The molecule has 0 N–H and O–H groups in total. The first-order chi connectivity index (χ1) is 13.8. The van der Waals surface area contributed by atoms with Crippen molar-refractivity contribution in [1.82, 2.24) is 0 Å². The molecule has 0 radical (unpaired) electrons. The van der Waals surface area contributed by atoms with E-state index < -0.39 is 16.7 Å². The van der Waals surface area contributed by atoms with Crippen LogP contribution in [0.2, 0.25) is 0 Å². The number of benzene rings is 3. The van der Waals surface area contributed by atoms with Gasteiger partial charge in [0.25, 0.3) is 5.69 Å². The predicted octanol–water partition coefficient (Wildman–Crippen LogP) is 4.73. The van der Waals surface area contributed by atoms with Crippen LogP contribution in [0.1, 0.15) is 5.56 Å². The number of hydrogen-bond acceptors (Lipinski definition) is 6. The largest absolute Gasteiger partial charge is 0.453 e. The molecule has 5 rings (SSSR count). The van der Waals surface area contributed by atoms with Crippen molar-refractivity contribution in [1.29, 1.82) is 0 Å². The Kier molecular flexibility index (Phi) is 3.42. The Morgan fingerprint density at radius 1 is 0.793 bits per heavy atom. The lowest BCUT2D eigenvalue weighted by molar-refractivity contribution is -0.384. The lowest BCUT2D eigenvalue weighted by Gasteiger charge is -2.18. The molecule has 10 heteroatoms. The number of hydrogen-bond donors (Lipinski definition) is 0. The summed E-state index contributed by atoms with van der Waals surface area (Å²) in [7, 11) is 0. The van der Waals surface area contributed by atoms with E-state index in [2.05, 4.69) is 9.98 Å². The summed E-state index contributed by atoms with van der Waals surface area (Å²) in [6, 6.07) is 10.1. The van der Waals surface area contributed by atoms with E-state index in [0.717, 1.165) is 12.1 Å². The van der Waals surface area contributed by atoms with Gasteiger partial charge in [-0.2, -0.15) is 13.2 Å². The van der Waals surface area contributed by atoms with Crippen LogP contribution in [0.5, 0.6) is 23.0 Å². The quantitative estimate of drug-likeness (QED) is 0.301. The Morgan fingerprint density at radius 3 is 2.10 bits per heavy atom. The third kappa shape index (κ3) is 2.85. The van der Waals surface area contributed by atoms with Crippen LogP contribution >= 0.6 is 0 Å². The van der Waals surface area contributed by atoms with E-state index in [1.54, 1.807) is 6.07 Å². The summed E-state index contributed by atoms with van der Waals surface area (Å²) in [6.07, 6.45) is -4.50. The van der Waals surface area contributed by atoms with Gasteiger partial charge < -0.3 is 9.47 Å². The standard InChI is InChI=1S/C19H8F3N3O4/c20-19(21,22)9-1-3-11-16(5-9)29-18-8-14-17(7-13(18)23-11)28-15-4-2-10(25(26)27)6-12(15)24-14/h1-8H. The predicted molar refractivity (Wildman–Crippen MR) is 92.8 cm³/mol. The number of alkyl halides is 3. The molecule has 2 aliphatic rings. The minimum absolute atomic E-state index is 0.0277. The van der Waals surface area contributed by atoms with Crippen LogP contribution in [0, 0.1) is 10.1 Å². The maximum atomic E-state index is 12.9. The van der Waals surface area contributed by atoms with E-state index in [9.17, 15) is 23.3 Å². The highest BCUT2D eigenvalue weighted by Gasteiger charge is 2.32. The summed E-state index contributed by atoms with van der Waals surface area (Å²) < 4.78 is 50.2. The normalized spacial score (nSPS) is 13.3. The van der Waals surface area contributed by atoms with Gasteiger partial charge in [-0.15, -0.1) is 0 Å². The van der Waals surface area contributed by atoms with Gasteiger partial charge in [0, 0.05) is 24.3 Å². The molecule has 0 atom stereocenters. The van der Waals surface area contributed by atoms with E-state index in [0.29, 0.717) is 22.2 Å². The molecular weight excluding hydrogens is 391 g/mol. The minimum Gasteiger partial charge on any atom is -0.453 e. The van der Waals surface area contributed by atoms with Gasteiger partial charge in [0.2, 0.25) is 0 Å². The molecule has 0 amide bonds. The van der Waals surface area contributed by atoms with E-state index in [1.165, 1.54) is 30.3 Å². The fourth-order valence-electron chi connectivity index (χ4n) is 3.03. The second kappa shape index (κ2) is 5.77. The molecule has 2 heterocycles. The number of rotatable bonds is 1. The smallest absolute Gasteiger partial charge is 0.416 e. The molecule has 0 fully saturated rings. The van der Waals surface area contributed by atoms with Gasteiger partial charge in [0.15, 0.2) is 23.0 Å². The van der Waals surface area contributed by atoms with E-state index >= 15 is 0 Å². The van der Waals surface area contributed by atoms with Gasteiger partial charge in [0.1, 0.15) is 22.1 Å². The van der Waals surface area contributed by atoms with E-state index in [4.69, 9.17) is 9.47 Å². The fraction of sp³-hybridized carbons (Fsp3) is 0.0526. The second-order valence-electron chi connectivity index (χ2n) is 6.30. The van der Waals surface area contributed by atoms with Crippen molar-refractivity contribution in [2.75, 3.05) is 0 Å². The molecule has 29 heavy (non-hydrogen) atoms. The lowest BCUT2D eigenvalue weighted by Crippen LogP contribution is -2.18. The summed E-state index contributed by atoms with van der Waals surface area (Å²) in [6.45, 7) is 0. The molecule has 3 aromatic carbocycles. The van der Waals surface area contributed by atoms with Gasteiger partial charge in [-0.1, -0.05) is 0 Å². The summed E-state index contributed by atoms with van der Waals surface area (Å²) in [5, 5.41) is 11.6. The summed E-state index contributed by atoms with van der Waals surface area (Å²) in [5.41, 5.74) is -0.465. The Morgan fingerprint density at radius 2 is 1.45 bits per heavy atom. The van der Waals surface area contributed by atoms with Crippen LogP contribution in [0.4, 0.5) is 30.2 Å². The van der Waals surface area contributed by atoms with Crippen LogP contribution in [0.15, 0.2) is 58.5 Å². The van der Waals surface area contributed by atoms with Gasteiger partial charge in [-0.3, -0.25) is 10.1 Å². The average Bonchev–Trinajstić information content (AvgIpc) is 2.67. The number of nitro groups is 1. The van der Waals surface area contributed by atoms with Gasteiger partial charge in [-0.25, -0.2) is 9.98 Å². The zero-order chi connectivity index (χ0) is 20.3. The number of nitro benzene ring substituents is 1. The van der Waals surface area contributed by atoms with Crippen LogP contribution in [-0.2, 0) is 6.18 Å². The maximum Gasteiger partial charge on any atom is 0.416 e. The van der Waals surface area contributed by atoms with E-state index in [1.807, 2.05) is 0 Å². The average molecular weight is 399 g/mol. The van der Waals surface area contributed by atoms with Crippen molar-refractivity contribution in [3.63, 3.8) is 0 Å². The molecule has 7 nitrogen and oxygen atoms in total. The first-order valence-corrected chi connectivity index (χ1v) is 8.25. The zero-order valence-corrected chi connectivity index (χ0v) is 14.2. The molecule has 0 aromatic heterocycles. The number of halogens is 3. The molecule has 0 saturated carbocycles. The van der Waals surface area contributed by atoms with Crippen LogP contribution in [0.25, 0.3) is 0 Å². The first-order valence-electron chi connectivity index (χ1n) is 8.25. The zero-order valence-electron chi connectivity index (χ0n) is 14.2. The molecule has 0 aliphatic carbocycles. The Balaban J connectivity index is 1.63. The van der Waals surface area contributed by atoms with Crippen LogP contribution < -0.4 is 20.2 Å². The third-order valence-electron chi connectivity index (χ3n) is 4.40. The molecule has 0 spiro atoms. The van der Waals surface area contributed by atoms with E-state index in [-0.39, 0.29) is 28.6 Å². The highest BCUT2D eigenvalue weighted by molar-refractivity contribution is 5.62. The minimum atomic E-state index is -4.50. The number of non-ortho nitro benzene ring substituents is 1. The Bertz CT molecular complexity index is 1340. The molecule has 0 unspecified atom stereocenters. The van der Waals surface area contributed by atoms with Crippen molar-refractivity contribution in [2.24, 2.45) is 9.98 Å². The molecule has 2 aliphatic heterocycles. The third-order valence-corrected chi connectivity index (χ3v) is 4.40. The molecule has 0 saturated heterocycles. The monoisotopic (exact) mass is 399 g/mol.